The van der Waals surface area contributed by atoms with Crippen LogP contribution in [0.25, 0.3) is 11.0 Å². The number of aromatic nitrogens is 2. The quantitative estimate of drug-likeness (QED) is 0.708. The van der Waals surface area contributed by atoms with Gasteiger partial charge in [0, 0.05) is 43.3 Å². The highest BCUT2D eigenvalue weighted by Crippen LogP contribution is 2.24. The van der Waals surface area contributed by atoms with Crippen molar-refractivity contribution in [3.8, 4) is 0 Å². The lowest BCUT2D eigenvalue weighted by Gasteiger charge is -2.35. The lowest BCUT2D eigenvalue weighted by Crippen LogP contribution is -2.49. The molecule has 26 heavy (non-hydrogen) atoms. The van der Waals surface area contributed by atoms with Crippen LogP contribution in [0.4, 0.5) is 5.95 Å². The minimum Gasteiger partial charge on any atom is -0.339 e. The van der Waals surface area contributed by atoms with Crippen LogP contribution in [0, 0.1) is 0 Å². The van der Waals surface area contributed by atoms with Gasteiger partial charge in [-0.25, -0.2) is 4.98 Å². The van der Waals surface area contributed by atoms with Crippen molar-refractivity contribution in [2.75, 3.05) is 31.1 Å². The number of carbonyl (C=O) groups is 1. The van der Waals surface area contributed by atoms with Crippen LogP contribution in [0.1, 0.15) is 17.3 Å². The van der Waals surface area contributed by atoms with E-state index < -0.39 is 0 Å². The summed E-state index contributed by atoms with van der Waals surface area (Å²) in [6.45, 7) is 5.91. The topological polar surface area (TPSA) is 41.4 Å². The third-order valence-corrected chi connectivity index (χ3v) is 5.11. The molecular weight excluding hydrogens is 348 g/mol. The molecule has 1 amide bonds. The first-order valence-corrected chi connectivity index (χ1v) is 9.30. The number of halogens is 1. The minimum absolute atomic E-state index is 0.0381. The Bertz CT molecular complexity index is 944. The zero-order valence-electron chi connectivity index (χ0n) is 14.7. The normalized spacial score (nSPS) is 14.8. The van der Waals surface area contributed by atoms with Gasteiger partial charge in [-0.3, -0.25) is 4.79 Å². The number of benzene rings is 2. The molecular formula is C20H21ClN4O. The van der Waals surface area contributed by atoms with Crippen molar-refractivity contribution in [1.82, 2.24) is 14.5 Å². The van der Waals surface area contributed by atoms with E-state index in [1.165, 1.54) is 0 Å². The number of carbonyl (C=O) groups excluding carboxylic acids is 1. The molecule has 0 radical (unpaired) electrons. The monoisotopic (exact) mass is 368 g/mol. The van der Waals surface area contributed by atoms with Crippen molar-refractivity contribution in [2.24, 2.45) is 0 Å². The molecule has 3 aromatic rings. The van der Waals surface area contributed by atoms with Crippen molar-refractivity contribution < 1.29 is 4.79 Å². The molecule has 2 heterocycles. The molecule has 1 fully saturated rings. The molecule has 0 N–H and O–H groups in total. The Hall–Kier alpha value is -2.53. The number of imidazole rings is 1. The molecule has 1 aromatic heterocycles. The third-order valence-electron chi connectivity index (χ3n) is 4.87. The largest absolute Gasteiger partial charge is 0.339 e. The van der Waals surface area contributed by atoms with E-state index in [4.69, 9.17) is 16.6 Å². The van der Waals surface area contributed by atoms with E-state index in [0.29, 0.717) is 23.7 Å². The van der Waals surface area contributed by atoms with Crippen LogP contribution in [0.2, 0.25) is 5.02 Å². The van der Waals surface area contributed by atoms with E-state index in [-0.39, 0.29) is 5.91 Å². The van der Waals surface area contributed by atoms with Gasteiger partial charge >= 0.3 is 0 Å². The Morgan fingerprint density at radius 1 is 1.08 bits per heavy atom. The molecule has 0 atom stereocenters. The first kappa shape index (κ1) is 16.9. The molecule has 134 valence electrons. The van der Waals surface area contributed by atoms with Crippen LogP contribution < -0.4 is 4.90 Å². The van der Waals surface area contributed by atoms with Gasteiger partial charge in [0.1, 0.15) is 0 Å². The number of anilines is 1. The van der Waals surface area contributed by atoms with E-state index in [1.54, 1.807) is 12.1 Å². The first-order valence-electron chi connectivity index (χ1n) is 8.92. The summed E-state index contributed by atoms with van der Waals surface area (Å²) in [5.74, 6) is 1.03. The second-order valence-corrected chi connectivity index (χ2v) is 6.87. The molecule has 6 heteroatoms. The lowest BCUT2D eigenvalue weighted by molar-refractivity contribution is 0.0746. The average molecular weight is 369 g/mol. The number of para-hydroxylation sites is 2. The van der Waals surface area contributed by atoms with Gasteiger partial charge in [0.15, 0.2) is 0 Å². The molecule has 0 unspecified atom stereocenters. The van der Waals surface area contributed by atoms with E-state index in [0.717, 1.165) is 36.6 Å². The van der Waals surface area contributed by atoms with Crippen LogP contribution in [0.3, 0.4) is 0 Å². The Morgan fingerprint density at radius 3 is 2.58 bits per heavy atom. The Balaban J connectivity index is 1.51. The predicted octanol–water partition coefficient (Wildman–Crippen LogP) is 3.67. The summed E-state index contributed by atoms with van der Waals surface area (Å²) in [5, 5.41) is 0.589. The standard InChI is InChI=1S/C20H21ClN4O/c1-2-25-18-9-4-3-8-17(18)22-20(25)24-12-10-23(11-13-24)19(26)15-6-5-7-16(21)14-15/h3-9,14H,2,10-13H2,1H3. The van der Waals surface area contributed by atoms with Gasteiger partial charge in [0.25, 0.3) is 5.91 Å². The summed E-state index contributed by atoms with van der Waals surface area (Å²) in [5.41, 5.74) is 2.82. The Morgan fingerprint density at radius 2 is 1.85 bits per heavy atom. The molecule has 1 aliphatic heterocycles. The van der Waals surface area contributed by atoms with Gasteiger partial charge in [-0.15, -0.1) is 0 Å². The average Bonchev–Trinajstić information content (AvgIpc) is 3.06. The number of fused-ring (bicyclic) bond motifs is 1. The van der Waals surface area contributed by atoms with Crippen LogP contribution >= 0.6 is 11.6 Å². The zero-order valence-corrected chi connectivity index (χ0v) is 15.5. The SMILES string of the molecule is CCn1c(N2CCN(C(=O)c3cccc(Cl)c3)CC2)nc2ccccc21. The number of amides is 1. The van der Waals surface area contributed by atoms with Gasteiger partial charge in [-0.1, -0.05) is 29.8 Å². The molecule has 1 aliphatic rings. The van der Waals surface area contributed by atoms with E-state index in [1.807, 2.05) is 35.2 Å². The van der Waals surface area contributed by atoms with Crippen LogP contribution in [0.15, 0.2) is 48.5 Å². The second kappa shape index (κ2) is 7.00. The molecule has 2 aromatic carbocycles. The molecule has 5 nitrogen and oxygen atoms in total. The Kier molecular flexibility index (Phi) is 4.55. The number of rotatable bonds is 3. The highest BCUT2D eigenvalue weighted by Gasteiger charge is 2.25. The summed E-state index contributed by atoms with van der Waals surface area (Å²) < 4.78 is 2.24. The fourth-order valence-electron chi connectivity index (χ4n) is 3.53. The van der Waals surface area contributed by atoms with Gasteiger partial charge in [-0.05, 0) is 37.3 Å². The van der Waals surface area contributed by atoms with E-state index in [9.17, 15) is 4.79 Å². The summed E-state index contributed by atoms with van der Waals surface area (Å²) in [7, 11) is 0. The van der Waals surface area contributed by atoms with Crippen LogP contribution in [-0.4, -0.2) is 46.5 Å². The predicted molar refractivity (Wildman–Crippen MR) is 105 cm³/mol. The van der Waals surface area contributed by atoms with Crippen molar-refractivity contribution in [2.45, 2.75) is 13.5 Å². The maximum atomic E-state index is 12.7. The summed E-state index contributed by atoms with van der Waals surface area (Å²) in [6.07, 6.45) is 0. The Labute approximate surface area is 157 Å². The number of hydrogen-bond donors (Lipinski definition) is 0. The van der Waals surface area contributed by atoms with Crippen molar-refractivity contribution >= 4 is 34.5 Å². The molecule has 0 aliphatic carbocycles. The summed E-state index contributed by atoms with van der Waals surface area (Å²) >= 11 is 6.01. The molecule has 0 spiro atoms. The number of aryl methyl sites for hydroxylation is 1. The van der Waals surface area contributed by atoms with Crippen LogP contribution in [-0.2, 0) is 6.54 Å². The fraction of sp³-hybridized carbons (Fsp3) is 0.300. The summed E-state index contributed by atoms with van der Waals surface area (Å²) in [6, 6.07) is 15.4. The summed E-state index contributed by atoms with van der Waals surface area (Å²) in [4.78, 5) is 21.7. The van der Waals surface area contributed by atoms with Crippen molar-refractivity contribution in [3.05, 3.63) is 59.1 Å². The maximum absolute atomic E-state index is 12.7. The van der Waals surface area contributed by atoms with Gasteiger partial charge < -0.3 is 14.4 Å². The van der Waals surface area contributed by atoms with Crippen LogP contribution in [0.5, 0.6) is 0 Å². The highest BCUT2D eigenvalue weighted by atomic mass is 35.5. The number of hydrogen-bond acceptors (Lipinski definition) is 3. The highest BCUT2D eigenvalue weighted by molar-refractivity contribution is 6.30. The minimum atomic E-state index is 0.0381. The zero-order chi connectivity index (χ0) is 18.1. The lowest BCUT2D eigenvalue weighted by atomic mass is 10.2. The number of nitrogens with zero attached hydrogens (tertiary/aromatic N) is 4. The first-order chi connectivity index (χ1) is 12.7. The molecule has 0 bridgehead atoms. The fourth-order valence-corrected chi connectivity index (χ4v) is 3.72. The van der Waals surface area contributed by atoms with Gasteiger partial charge in [0.2, 0.25) is 5.95 Å². The number of piperazine rings is 1. The third kappa shape index (κ3) is 3.03. The van der Waals surface area contributed by atoms with Crippen molar-refractivity contribution in [3.63, 3.8) is 0 Å². The van der Waals surface area contributed by atoms with E-state index in [2.05, 4.69) is 22.5 Å². The maximum Gasteiger partial charge on any atom is 0.254 e. The molecule has 0 saturated carbocycles. The van der Waals surface area contributed by atoms with Gasteiger partial charge in [0.05, 0.1) is 11.0 Å². The van der Waals surface area contributed by atoms with Gasteiger partial charge in [-0.2, -0.15) is 0 Å². The molecule has 4 rings (SSSR count). The van der Waals surface area contributed by atoms with Crippen molar-refractivity contribution in [1.29, 1.82) is 0 Å². The second-order valence-electron chi connectivity index (χ2n) is 6.43. The van der Waals surface area contributed by atoms with E-state index >= 15 is 0 Å². The molecule has 1 saturated heterocycles. The smallest absolute Gasteiger partial charge is 0.254 e.